The van der Waals surface area contributed by atoms with Crippen LogP contribution in [0, 0.1) is 5.41 Å². The fourth-order valence-electron chi connectivity index (χ4n) is 3.21. The highest BCUT2D eigenvalue weighted by Gasteiger charge is 2.24. The zero-order valence-corrected chi connectivity index (χ0v) is 18.3. The van der Waals surface area contributed by atoms with Crippen molar-refractivity contribution in [2.24, 2.45) is 5.41 Å². The highest BCUT2D eigenvalue weighted by molar-refractivity contribution is 8.22. The largest absolute Gasteiger partial charge is 0.289 e. The van der Waals surface area contributed by atoms with E-state index in [9.17, 15) is 4.79 Å². The summed E-state index contributed by atoms with van der Waals surface area (Å²) in [7, 11) is 0. The SMILES string of the molecule is CC(C)(C)/C=C/c1ccc(/C=C2\CCCC(=C3SCCCCS3)C2=O)cc1. The molecule has 1 heterocycles. The summed E-state index contributed by atoms with van der Waals surface area (Å²) in [6.07, 6.45) is 12.0. The molecule has 1 nitrogen and oxygen atoms in total. The summed E-state index contributed by atoms with van der Waals surface area (Å²) >= 11 is 3.80. The lowest BCUT2D eigenvalue weighted by Gasteiger charge is -2.19. The molecule has 1 aliphatic carbocycles. The van der Waals surface area contributed by atoms with Crippen LogP contribution in [0.1, 0.15) is 64.0 Å². The minimum Gasteiger partial charge on any atom is -0.289 e. The van der Waals surface area contributed by atoms with Gasteiger partial charge in [0.15, 0.2) is 5.78 Å². The average molecular weight is 399 g/mol. The molecule has 0 unspecified atom stereocenters. The highest BCUT2D eigenvalue weighted by atomic mass is 32.2. The summed E-state index contributed by atoms with van der Waals surface area (Å²) in [6.45, 7) is 6.61. The number of carbonyl (C=O) groups is 1. The molecule has 1 aromatic rings. The van der Waals surface area contributed by atoms with E-state index in [-0.39, 0.29) is 11.2 Å². The molecule has 2 fully saturated rings. The molecule has 1 aromatic carbocycles. The van der Waals surface area contributed by atoms with Gasteiger partial charge in [-0.2, -0.15) is 0 Å². The second-order valence-corrected chi connectivity index (χ2v) is 10.9. The molecule has 0 spiro atoms. The Morgan fingerprint density at radius 2 is 1.52 bits per heavy atom. The molecule has 0 radical (unpaired) electrons. The van der Waals surface area contributed by atoms with Crippen molar-refractivity contribution in [3.05, 3.63) is 56.9 Å². The quantitative estimate of drug-likeness (QED) is 0.485. The topological polar surface area (TPSA) is 17.1 Å². The van der Waals surface area contributed by atoms with Crippen LogP contribution in [-0.2, 0) is 4.79 Å². The number of benzene rings is 1. The Labute approximate surface area is 172 Å². The molecule has 3 rings (SSSR count). The normalized spacial score (nSPS) is 21.1. The first-order valence-electron chi connectivity index (χ1n) is 9.96. The molecule has 0 amide bonds. The van der Waals surface area contributed by atoms with Crippen LogP contribution in [0.25, 0.3) is 12.2 Å². The van der Waals surface area contributed by atoms with E-state index in [0.717, 1.165) is 47.5 Å². The maximum Gasteiger partial charge on any atom is 0.186 e. The number of hydrogen-bond donors (Lipinski definition) is 0. The fourth-order valence-corrected chi connectivity index (χ4v) is 5.85. The number of allylic oxidation sites excluding steroid dienone is 3. The van der Waals surface area contributed by atoms with Crippen LogP contribution < -0.4 is 0 Å². The zero-order chi connectivity index (χ0) is 19.3. The lowest BCUT2D eigenvalue weighted by molar-refractivity contribution is -0.112. The molecule has 0 bridgehead atoms. The van der Waals surface area contributed by atoms with Crippen molar-refractivity contribution in [3.8, 4) is 0 Å². The van der Waals surface area contributed by atoms with Gasteiger partial charge in [0.1, 0.15) is 0 Å². The van der Waals surface area contributed by atoms with Gasteiger partial charge in [-0.1, -0.05) is 57.2 Å². The third-order valence-corrected chi connectivity index (χ3v) is 7.45. The first kappa shape index (κ1) is 20.5. The molecule has 2 aliphatic rings. The smallest absolute Gasteiger partial charge is 0.186 e. The molecule has 0 aromatic heterocycles. The summed E-state index contributed by atoms with van der Waals surface area (Å²) in [5.74, 6) is 2.60. The summed E-state index contributed by atoms with van der Waals surface area (Å²) in [5, 5.41) is 0. The summed E-state index contributed by atoms with van der Waals surface area (Å²) < 4.78 is 1.30. The number of carbonyl (C=O) groups excluding carboxylic acids is 1. The summed E-state index contributed by atoms with van der Waals surface area (Å²) in [4.78, 5) is 13.1. The molecular formula is C24H30OS2. The highest BCUT2D eigenvalue weighted by Crippen LogP contribution is 2.40. The van der Waals surface area contributed by atoms with E-state index in [1.165, 1.54) is 22.6 Å². The lowest BCUT2D eigenvalue weighted by Crippen LogP contribution is -2.13. The van der Waals surface area contributed by atoms with Gasteiger partial charge in [0.2, 0.25) is 0 Å². The first-order valence-corrected chi connectivity index (χ1v) is 11.9. The minimum absolute atomic E-state index is 0.188. The van der Waals surface area contributed by atoms with Crippen LogP contribution in [0.4, 0.5) is 0 Å². The van der Waals surface area contributed by atoms with Crippen LogP contribution in [0.2, 0.25) is 0 Å². The Morgan fingerprint density at radius 1 is 0.889 bits per heavy atom. The van der Waals surface area contributed by atoms with Gasteiger partial charge in [-0.05, 0) is 66.2 Å². The number of thioether (sulfide) groups is 2. The predicted octanol–water partition coefficient (Wildman–Crippen LogP) is 7.35. The molecule has 0 atom stereocenters. The van der Waals surface area contributed by atoms with Gasteiger partial charge >= 0.3 is 0 Å². The van der Waals surface area contributed by atoms with Crippen molar-refractivity contribution in [1.82, 2.24) is 0 Å². The Balaban J connectivity index is 1.77. The molecule has 1 saturated carbocycles. The third kappa shape index (κ3) is 6.15. The number of ketones is 1. The monoisotopic (exact) mass is 398 g/mol. The van der Waals surface area contributed by atoms with Crippen LogP contribution in [-0.4, -0.2) is 17.3 Å². The predicted molar refractivity (Wildman–Crippen MR) is 123 cm³/mol. The molecule has 1 saturated heterocycles. The summed E-state index contributed by atoms with van der Waals surface area (Å²) in [5.41, 5.74) is 4.57. The fraction of sp³-hybridized carbons (Fsp3) is 0.458. The molecule has 1 aliphatic heterocycles. The van der Waals surface area contributed by atoms with Gasteiger partial charge in [-0.15, -0.1) is 23.5 Å². The van der Waals surface area contributed by atoms with Gasteiger partial charge < -0.3 is 0 Å². The average Bonchev–Trinajstić information content (AvgIpc) is 2.91. The van der Waals surface area contributed by atoms with E-state index in [2.05, 4.69) is 63.3 Å². The second-order valence-electron chi connectivity index (χ2n) is 8.39. The van der Waals surface area contributed by atoms with Gasteiger partial charge in [-0.3, -0.25) is 4.79 Å². The van der Waals surface area contributed by atoms with E-state index >= 15 is 0 Å². The zero-order valence-electron chi connectivity index (χ0n) is 16.7. The Morgan fingerprint density at radius 3 is 2.15 bits per heavy atom. The van der Waals surface area contributed by atoms with Crippen molar-refractivity contribution < 1.29 is 4.79 Å². The maximum atomic E-state index is 13.1. The van der Waals surface area contributed by atoms with Crippen LogP contribution in [0.3, 0.4) is 0 Å². The van der Waals surface area contributed by atoms with Crippen molar-refractivity contribution in [2.45, 2.75) is 52.9 Å². The van der Waals surface area contributed by atoms with Crippen LogP contribution in [0.15, 0.2) is 45.7 Å². The number of Topliss-reactive ketones (excluding diaryl/α,β-unsaturated/α-hetero) is 1. The van der Waals surface area contributed by atoms with Gasteiger partial charge in [0.25, 0.3) is 0 Å². The van der Waals surface area contributed by atoms with Crippen molar-refractivity contribution >= 4 is 41.5 Å². The minimum atomic E-state index is 0.188. The standard InChI is InChI=1S/C24H30OS2/c1-24(2,3)14-13-18-9-11-19(12-10-18)17-20-7-6-8-21(22(20)25)23-26-15-4-5-16-27-23/h9-14,17H,4-8,15-16H2,1-3H3/b14-13+,20-17+. The maximum absolute atomic E-state index is 13.1. The van der Waals surface area contributed by atoms with Crippen LogP contribution >= 0.6 is 23.5 Å². The van der Waals surface area contributed by atoms with Gasteiger partial charge in [0, 0.05) is 15.4 Å². The molecule has 0 N–H and O–H groups in total. The van der Waals surface area contributed by atoms with Crippen molar-refractivity contribution in [1.29, 1.82) is 0 Å². The van der Waals surface area contributed by atoms with E-state index in [4.69, 9.17) is 0 Å². The van der Waals surface area contributed by atoms with E-state index in [1.54, 1.807) is 0 Å². The number of rotatable bonds is 2. The third-order valence-electron chi connectivity index (χ3n) is 4.74. The lowest BCUT2D eigenvalue weighted by atomic mass is 9.88. The number of hydrogen-bond acceptors (Lipinski definition) is 3. The molecular weight excluding hydrogens is 368 g/mol. The molecule has 3 heteroatoms. The van der Waals surface area contributed by atoms with Crippen molar-refractivity contribution in [2.75, 3.05) is 11.5 Å². The Kier molecular flexibility index (Phi) is 7.10. The van der Waals surface area contributed by atoms with Gasteiger partial charge in [0.05, 0.1) is 0 Å². The van der Waals surface area contributed by atoms with E-state index < -0.39 is 0 Å². The summed E-state index contributed by atoms with van der Waals surface area (Å²) in [6, 6.07) is 8.52. The van der Waals surface area contributed by atoms with Crippen LogP contribution in [0.5, 0.6) is 0 Å². The van der Waals surface area contributed by atoms with E-state index in [0.29, 0.717) is 0 Å². The first-order chi connectivity index (χ1) is 12.9. The Hall–Kier alpha value is -1.19. The second kappa shape index (κ2) is 9.34. The van der Waals surface area contributed by atoms with Gasteiger partial charge in [-0.25, -0.2) is 0 Å². The molecule has 144 valence electrons. The van der Waals surface area contributed by atoms with E-state index in [1.807, 2.05) is 23.5 Å². The molecule has 27 heavy (non-hydrogen) atoms. The Bertz CT molecular complexity index is 751. The van der Waals surface area contributed by atoms with Crippen molar-refractivity contribution in [3.63, 3.8) is 0 Å².